The number of allylic oxidation sites excluding steroid dienone is 9. The Morgan fingerprint density at radius 3 is 1.00 bits per heavy atom. The fourth-order valence-corrected chi connectivity index (χ4v) is 8.71. The molecule has 0 aliphatic carbocycles. The van der Waals surface area contributed by atoms with E-state index in [1.165, 1.54) is 212 Å². The monoisotopic (exact) mass is 951 g/mol. The molecule has 0 radical (unpaired) electrons. The minimum Gasteiger partial charge on any atom is -0.462 e. The van der Waals surface area contributed by atoms with Crippen LogP contribution in [0.3, 0.4) is 0 Å². The van der Waals surface area contributed by atoms with Crippen LogP contribution in [-0.4, -0.2) is 37.9 Å². The average molecular weight is 952 g/mol. The lowest BCUT2D eigenvalue weighted by Gasteiger charge is -2.18. The normalized spacial score (nSPS) is 12.6. The van der Waals surface area contributed by atoms with E-state index < -0.39 is 6.10 Å². The number of carbonyl (C=O) groups excluding carboxylic acids is 2. The summed E-state index contributed by atoms with van der Waals surface area (Å²) < 4.78 is 17.4. The van der Waals surface area contributed by atoms with Gasteiger partial charge in [0.2, 0.25) is 0 Å². The first-order chi connectivity index (χ1) is 33.6. The fraction of sp³-hybridized carbons (Fsp3) is 0.810. The number of hydrogen-bond donors (Lipinski definition) is 0. The Bertz CT molecular complexity index is 1170. The topological polar surface area (TPSA) is 61.8 Å². The van der Waals surface area contributed by atoms with Crippen LogP contribution in [0.4, 0.5) is 0 Å². The molecule has 1 unspecified atom stereocenters. The minimum absolute atomic E-state index is 0.0501. The van der Waals surface area contributed by atoms with Crippen molar-refractivity contribution in [2.75, 3.05) is 19.8 Å². The van der Waals surface area contributed by atoms with E-state index in [2.05, 4.69) is 69.4 Å². The van der Waals surface area contributed by atoms with Crippen molar-refractivity contribution in [2.45, 2.75) is 309 Å². The minimum atomic E-state index is -0.588. The van der Waals surface area contributed by atoms with Gasteiger partial charge in [-0.3, -0.25) is 9.59 Å². The molecule has 0 aromatic heterocycles. The summed E-state index contributed by atoms with van der Waals surface area (Å²) in [5.74, 6) is -0.526. The molecule has 5 heteroatoms. The van der Waals surface area contributed by atoms with Crippen LogP contribution in [0.5, 0.6) is 0 Å². The number of hydrogen-bond acceptors (Lipinski definition) is 5. The molecule has 0 saturated carbocycles. The molecular weight excluding hydrogens is 837 g/mol. The van der Waals surface area contributed by atoms with Crippen molar-refractivity contribution in [3.63, 3.8) is 0 Å². The average Bonchev–Trinajstić information content (AvgIpc) is 3.34. The van der Waals surface area contributed by atoms with Crippen molar-refractivity contribution < 1.29 is 23.8 Å². The van der Waals surface area contributed by atoms with E-state index in [1.54, 1.807) is 0 Å². The molecule has 1 atom stereocenters. The molecule has 0 aliphatic heterocycles. The smallest absolute Gasteiger partial charge is 0.310 e. The molecule has 0 amide bonds. The molecule has 0 aromatic carbocycles. The molecular formula is C63H114O5. The molecule has 0 rings (SSSR count). The highest BCUT2D eigenvalue weighted by molar-refractivity contribution is 5.71. The summed E-state index contributed by atoms with van der Waals surface area (Å²) in [5, 5.41) is 0. The van der Waals surface area contributed by atoms with Gasteiger partial charge < -0.3 is 14.2 Å². The van der Waals surface area contributed by atoms with Crippen LogP contribution in [-0.2, 0) is 23.8 Å². The second kappa shape index (κ2) is 58.9. The highest BCUT2D eigenvalue weighted by Gasteiger charge is 2.17. The van der Waals surface area contributed by atoms with Crippen LogP contribution in [0.1, 0.15) is 303 Å². The summed E-state index contributed by atoms with van der Waals surface area (Å²) in [5.41, 5.74) is 0. The predicted octanol–water partition coefficient (Wildman–Crippen LogP) is 20.5. The number of rotatable bonds is 55. The van der Waals surface area contributed by atoms with Gasteiger partial charge in [0.25, 0.3) is 0 Å². The van der Waals surface area contributed by atoms with Crippen molar-refractivity contribution in [1.29, 1.82) is 0 Å². The molecule has 68 heavy (non-hydrogen) atoms. The number of ether oxygens (including phenoxy) is 3. The molecule has 5 nitrogen and oxygen atoms in total. The van der Waals surface area contributed by atoms with Crippen molar-refractivity contribution >= 4 is 11.9 Å². The molecule has 0 fully saturated rings. The maximum atomic E-state index is 12.8. The van der Waals surface area contributed by atoms with Gasteiger partial charge in [-0.1, -0.05) is 306 Å². The molecule has 0 saturated heterocycles. The van der Waals surface area contributed by atoms with E-state index in [-0.39, 0.29) is 31.6 Å². The van der Waals surface area contributed by atoms with Crippen molar-refractivity contribution in [3.8, 4) is 0 Å². The first-order valence-corrected chi connectivity index (χ1v) is 29.8. The van der Waals surface area contributed by atoms with E-state index in [1.807, 2.05) is 12.2 Å². The van der Waals surface area contributed by atoms with Crippen molar-refractivity contribution in [3.05, 3.63) is 60.8 Å². The Labute approximate surface area is 424 Å². The Morgan fingerprint density at radius 2 is 0.647 bits per heavy atom. The number of esters is 2. The highest BCUT2D eigenvalue weighted by atomic mass is 16.6. The third-order valence-corrected chi connectivity index (χ3v) is 13.1. The lowest BCUT2D eigenvalue weighted by atomic mass is 10.0. The van der Waals surface area contributed by atoms with Crippen LogP contribution >= 0.6 is 0 Å². The van der Waals surface area contributed by atoms with Crippen LogP contribution < -0.4 is 0 Å². The van der Waals surface area contributed by atoms with Crippen molar-refractivity contribution in [2.24, 2.45) is 0 Å². The molecule has 0 aliphatic rings. The van der Waals surface area contributed by atoms with Gasteiger partial charge in [0.1, 0.15) is 6.61 Å². The summed E-state index contributed by atoms with van der Waals surface area (Å²) >= 11 is 0. The zero-order chi connectivity index (χ0) is 49.2. The zero-order valence-electron chi connectivity index (χ0n) is 45.6. The van der Waals surface area contributed by atoms with E-state index in [0.717, 1.165) is 57.8 Å². The third kappa shape index (κ3) is 56.2. The van der Waals surface area contributed by atoms with Crippen molar-refractivity contribution in [1.82, 2.24) is 0 Å². The number of carbonyl (C=O) groups is 2. The quantitative estimate of drug-likeness (QED) is 0.0345. The summed E-state index contributed by atoms with van der Waals surface area (Å²) in [4.78, 5) is 25.5. The fourth-order valence-electron chi connectivity index (χ4n) is 8.71. The largest absolute Gasteiger partial charge is 0.462 e. The van der Waals surface area contributed by atoms with E-state index in [4.69, 9.17) is 14.2 Å². The zero-order valence-corrected chi connectivity index (χ0v) is 45.6. The van der Waals surface area contributed by atoms with Crippen LogP contribution in [0.25, 0.3) is 0 Å². The van der Waals surface area contributed by atoms with Crippen LogP contribution in [0.15, 0.2) is 60.8 Å². The lowest BCUT2D eigenvalue weighted by Crippen LogP contribution is -2.29. The molecule has 396 valence electrons. The van der Waals surface area contributed by atoms with Gasteiger partial charge >= 0.3 is 11.9 Å². The first kappa shape index (κ1) is 65.6. The Hall–Kier alpha value is -2.40. The Morgan fingerprint density at radius 1 is 0.338 bits per heavy atom. The van der Waals surface area contributed by atoms with Gasteiger partial charge in [0.15, 0.2) is 6.10 Å². The Balaban J connectivity index is 4.30. The lowest BCUT2D eigenvalue weighted by molar-refractivity contribution is -0.162. The van der Waals surface area contributed by atoms with E-state index in [0.29, 0.717) is 13.0 Å². The maximum absolute atomic E-state index is 12.8. The van der Waals surface area contributed by atoms with Gasteiger partial charge in [-0.15, -0.1) is 0 Å². The highest BCUT2D eigenvalue weighted by Crippen LogP contribution is 2.17. The van der Waals surface area contributed by atoms with E-state index in [9.17, 15) is 9.59 Å². The summed E-state index contributed by atoms with van der Waals surface area (Å²) in [6.07, 6.45) is 75.7. The third-order valence-electron chi connectivity index (χ3n) is 13.1. The van der Waals surface area contributed by atoms with Gasteiger partial charge in [-0.2, -0.15) is 0 Å². The van der Waals surface area contributed by atoms with Gasteiger partial charge in [-0.25, -0.2) is 0 Å². The van der Waals surface area contributed by atoms with Crippen LogP contribution in [0, 0.1) is 0 Å². The summed E-state index contributed by atoms with van der Waals surface area (Å²) in [7, 11) is 0. The summed E-state index contributed by atoms with van der Waals surface area (Å²) in [6.45, 7) is 7.67. The number of unbranched alkanes of at least 4 members (excludes halogenated alkanes) is 35. The first-order valence-electron chi connectivity index (χ1n) is 29.8. The molecule has 0 N–H and O–H groups in total. The maximum Gasteiger partial charge on any atom is 0.310 e. The SMILES string of the molecule is CC/C=C\C/C=C\C/C=C\C/C=C\C/C=C\CC(=O)OC(COCCCCCCCCCCCCCCCCCCCCCC)COC(=O)CCCCCCCCCCCCCCCCCCC. The van der Waals surface area contributed by atoms with Gasteiger partial charge in [0, 0.05) is 13.0 Å². The Kier molecular flexibility index (Phi) is 56.8. The van der Waals surface area contributed by atoms with E-state index >= 15 is 0 Å². The second-order valence-corrected chi connectivity index (χ2v) is 19.9. The molecule has 0 heterocycles. The van der Waals surface area contributed by atoms with Gasteiger partial charge in [0.05, 0.1) is 13.0 Å². The molecule has 0 spiro atoms. The van der Waals surface area contributed by atoms with Gasteiger partial charge in [-0.05, 0) is 44.9 Å². The molecule has 0 bridgehead atoms. The predicted molar refractivity (Wildman–Crippen MR) is 298 cm³/mol. The summed E-state index contributed by atoms with van der Waals surface area (Å²) in [6, 6.07) is 0. The van der Waals surface area contributed by atoms with Crippen LogP contribution in [0.2, 0.25) is 0 Å². The molecule has 0 aromatic rings. The standard InChI is InChI=1S/C63H114O5/c1-4-7-10-13-16-19-22-25-28-30-31-32-34-37-40-43-46-49-52-55-58-66-59-61(68-63(65)57-54-51-48-45-42-39-35-27-24-21-18-15-12-9-6-3)60-67-62(64)56-53-50-47-44-41-38-36-33-29-26-23-20-17-14-11-8-5-2/h9,12,18,21,27,35,42,45,51,54,61H,4-8,10-11,13-17,19-20,22-26,28-34,36-41,43-44,46-50,52-53,55-60H2,1-3H3/b12-9-,21-18-,35-27-,45-42-,54-51-. The second-order valence-electron chi connectivity index (χ2n) is 19.9.